The number of pyridine rings is 1. The van der Waals surface area contributed by atoms with Gasteiger partial charge in [0.1, 0.15) is 0 Å². The Bertz CT molecular complexity index is 1300. The summed E-state index contributed by atoms with van der Waals surface area (Å²) in [6.45, 7) is 2.04. The number of rotatable bonds is 4. The number of fused-ring (bicyclic) bond motifs is 1. The molecule has 0 amide bonds. The number of benzene rings is 2. The van der Waals surface area contributed by atoms with Gasteiger partial charge in [-0.3, -0.25) is 10.1 Å². The third kappa shape index (κ3) is 3.29. The smallest absolute Gasteiger partial charge is 0.232 e. The number of nitrogens with zero attached hydrogens (tertiary/aromatic N) is 5. The molecule has 0 atom stereocenters. The molecule has 2 aromatic carbocycles. The molecule has 0 saturated heterocycles. The van der Waals surface area contributed by atoms with Crippen molar-refractivity contribution < 1.29 is 0 Å². The van der Waals surface area contributed by atoms with E-state index in [-0.39, 0.29) is 0 Å². The molecule has 3 aromatic heterocycles. The summed E-state index contributed by atoms with van der Waals surface area (Å²) in [4.78, 5) is 18.2. The van der Waals surface area contributed by atoms with Gasteiger partial charge in [-0.05, 0) is 36.8 Å². The first-order chi connectivity index (χ1) is 14.3. The molecule has 0 saturated carbocycles. The van der Waals surface area contributed by atoms with Gasteiger partial charge in [0.15, 0.2) is 17.5 Å². The number of hydrogen-bond acceptors (Lipinski definition) is 6. The lowest BCUT2D eigenvalue weighted by atomic mass is 10.1. The number of aromatic nitrogens is 6. The van der Waals surface area contributed by atoms with Crippen molar-refractivity contribution in [3.8, 4) is 22.8 Å². The molecule has 29 heavy (non-hydrogen) atoms. The van der Waals surface area contributed by atoms with Crippen LogP contribution >= 0.6 is 0 Å². The van der Waals surface area contributed by atoms with Crippen molar-refractivity contribution in [3.05, 3.63) is 78.6 Å². The van der Waals surface area contributed by atoms with E-state index in [2.05, 4.69) is 30.5 Å². The van der Waals surface area contributed by atoms with Gasteiger partial charge in [0.2, 0.25) is 5.95 Å². The van der Waals surface area contributed by atoms with E-state index in [0.717, 1.165) is 27.6 Å². The highest BCUT2D eigenvalue weighted by Gasteiger charge is 2.14. The molecule has 0 unspecified atom stereocenters. The molecular weight excluding hydrogens is 362 g/mol. The minimum absolute atomic E-state index is 0.425. The monoisotopic (exact) mass is 379 g/mol. The first-order valence-corrected chi connectivity index (χ1v) is 9.20. The summed E-state index contributed by atoms with van der Waals surface area (Å²) in [5.41, 5.74) is 3.80. The highest BCUT2D eigenvalue weighted by Crippen LogP contribution is 2.26. The molecule has 0 aliphatic carbocycles. The SMILES string of the molecule is Cc1ccccc1-c1nc(Nc2n[nH]c3ccccc23)nc(-c2cccnc2)n1. The third-order valence-electron chi connectivity index (χ3n) is 4.64. The first-order valence-electron chi connectivity index (χ1n) is 9.20. The number of hydrogen-bond donors (Lipinski definition) is 2. The first kappa shape index (κ1) is 17.0. The maximum atomic E-state index is 4.70. The Hall–Kier alpha value is -4.13. The number of anilines is 2. The van der Waals surface area contributed by atoms with E-state index in [9.17, 15) is 0 Å². The minimum Gasteiger partial charge on any atom is -0.307 e. The van der Waals surface area contributed by atoms with E-state index in [1.54, 1.807) is 12.4 Å². The molecule has 3 heterocycles. The molecule has 5 rings (SSSR count). The molecular formula is C22H17N7. The second-order valence-corrected chi connectivity index (χ2v) is 6.61. The highest BCUT2D eigenvalue weighted by atomic mass is 15.2. The van der Waals surface area contributed by atoms with Gasteiger partial charge in [-0.2, -0.15) is 15.1 Å². The van der Waals surface area contributed by atoms with Crippen LogP contribution in [0.15, 0.2) is 73.1 Å². The van der Waals surface area contributed by atoms with E-state index >= 15 is 0 Å². The highest BCUT2D eigenvalue weighted by molar-refractivity contribution is 5.90. The second-order valence-electron chi connectivity index (χ2n) is 6.61. The average molecular weight is 379 g/mol. The van der Waals surface area contributed by atoms with Crippen LogP contribution < -0.4 is 5.32 Å². The Kier molecular flexibility index (Phi) is 4.18. The van der Waals surface area contributed by atoms with Crippen molar-refractivity contribution in [1.29, 1.82) is 0 Å². The van der Waals surface area contributed by atoms with E-state index in [1.807, 2.05) is 67.6 Å². The third-order valence-corrected chi connectivity index (χ3v) is 4.64. The summed E-state index contributed by atoms with van der Waals surface area (Å²) in [5.74, 6) is 2.24. The summed E-state index contributed by atoms with van der Waals surface area (Å²) < 4.78 is 0. The van der Waals surface area contributed by atoms with Gasteiger partial charge in [0.05, 0.1) is 5.52 Å². The van der Waals surface area contributed by atoms with Crippen LogP contribution in [0.1, 0.15) is 5.56 Å². The maximum Gasteiger partial charge on any atom is 0.232 e. The lowest BCUT2D eigenvalue weighted by Crippen LogP contribution is -2.04. The van der Waals surface area contributed by atoms with E-state index in [0.29, 0.717) is 23.4 Å². The fourth-order valence-electron chi connectivity index (χ4n) is 3.16. The van der Waals surface area contributed by atoms with E-state index in [1.165, 1.54) is 0 Å². The van der Waals surface area contributed by atoms with E-state index in [4.69, 9.17) is 4.98 Å². The Morgan fingerprint density at radius 3 is 2.52 bits per heavy atom. The predicted molar refractivity (Wildman–Crippen MR) is 113 cm³/mol. The molecule has 0 fully saturated rings. The lowest BCUT2D eigenvalue weighted by Gasteiger charge is -2.09. The summed E-state index contributed by atoms with van der Waals surface area (Å²) in [6, 6.07) is 19.7. The molecule has 0 spiro atoms. The van der Waals surface area contributed by atoms with Crippen LogP contribution in [0.4, 0.5) is 11.8 Å². The maximum absolute atomic E-state index is 4.70. The summed E-state index contributed by atoms with van der Waals surface area (Å²) in [7, 11) is 0. The van der Waals surface area contributed by atoms with Gasteiger partial charge in [0, 0.05) is 28.9 Å². The molecule has 140 valence electrons. The summed E-state index contributed by atoms with van der Waals surface area (Å²) >= 11 is 0. The fourth-order valence-corrected chi connectivity index (χ4v) is 3.16. The van der Waals surface area contributed by atoms with Crippen LogP contribution in [-0.2, 0) is 0 Å². The van der Waals surface area contributed by atoms with Gasteiger partial charge in [-0.25, -0.2) is 4.98 Å². The molecule has 7 heteroatoms. The number of aryl methyl sites for hydroxylation is 1. The topological polar surface area (TPSA) is 92.3 Å². The zero-order chi connectivity index (χ0) is 19.6. The zero-order valence-electron chi connectivity index (χ0n) is 15.7. The fraction of sp³-hybridized carbons (Fsp3) is 0.0455. The summed E-state index contributed by atoms with van der Waals surface area (Å²) in [6.07, 6.45) is 3.46. The molecule has 0 aliphatic heterocycles. The van der Waals surface area contributed by atoms with Crippen molar-refractivity contribution >= 4 is 22.7 Å². The Balaban J connectivity index is 1.64. The largest absolute Gasteiger partial charge is 0.307 e. The number of nitrogens with one attached hydrogen (secondary N) is 2. The van der Waals surface area contributed by atoms with Crippen molar-refractivity contribution in [2.24, 2.45) is 0 Å². The van der Waals surface area contributed by atoms with E-state index < -0.39 is 0 Å². The normalized spacial score (nSPS) is 10.9. The van der Waals surface area contributed by atoms with Crippen LogP contribution in [-0.4, -0.2) is 30.1 Å². The zero-order valence-corrected chi connectivity index (χ0v) is 15.7. The van der Waals surface area contributed by atoms with Crippen LogP contribution in [0.5, 0.6) is 0 Å². The number of para-hydroxylation sites is 1. The Labute approximate surface area is 166 Å². The quantitative estimate of drug-likeness (QED) is 0.477. The average Bonchev–Trinajstić information content (AvgIpc) is 3.17. The van der Waals surface area contributed by atoms with Crippen molar-refractivity contribution in [1.82, 2.24) is 30.1 Å². The standard InChI is InChI=1S/C22H17N7/c1-14-7-2-3-9-16(14)20-24-19(15-8-6-12-23-13-15)25-22(26-20)27-21-17-10-4-5-11-18(17)28-29-21/h2-13H,1H3,(H2,24,25,26,27,28,29). The molecule has 0 bridgehead atoms. The van der Waals surface area contributed by atoms with Crippen molar-refractivity contribution in [3.63, 3.8) is 0 Å². The van der Waals surface area contributed by atoms with Crippen molar-refractivity contribution in [2.75, 3.05) is 5.32 Å². The molecule has 7 nitrogen and oxygen atoms in total. The van der Waals surface area contributed by atoms with Crippen molar-refractivity contribution in [2.45, 2.75) is 6.92 Å². The van der Waals surface area contributed by atoms with Gasteiger partial charge in [-0.15, -0.1) is 0 Å². The molecule has 0 aliphatic rings. The molecule has 0 radical (unpaired) electrons. The second kappa shape index (κ2) is 7.12. The van der Waals surface area contributed by atoms with Gasteiger partial charge < -0.3 is 5.32 Å². The molecule has 5 aromatic rings. The predicted octanol–water partition coefficient (Wildman–Crippen LogP) is 4.53. The van der Waals surface area contributed by atoms with Crippen LogP contribution in [0.25, 0.3) is 33.7 Å². The van der Waals surface area contributed by atoms with Crippen LogP contribution in [0, 0.1) is 6.92 Å². The Morgan fingerprint density at radius 1 is 0.828 bits per heavy atom. The van der Waals surface area contributed by atoms with Gasteiger partial charge in [-0.1, -0.05) is 36.4 Å². The minimum atomic E-state index is 0.425. The van der Waals surface area contributed by atoms with Gasteiger partial charge >= 0.3 is 0 Å². The Morgan fingerprint density at radius 2 is 1.66 bits per heavy atom. The summed E-state index contributed by atoms with van der Waals surface area (Å²) in [5, 5.41) is 11.6. The number of H-pyrrole nitrogens is 1. The van der Waals surface area contributed by atoms with Crippen LogP contribution in [0.2, 0.25) is 0 Å². The molecule has 2 N–H and O–H groups in total. The van der Waals surface area contributed by atoms with Crippen LogP contribution in [0.3, 0.4) is 0 Å². The lowest BCUT2D eigenvalue weighted by molar-refractivity contribution is 1.05. The number of aromatic amines is 1. The van der Waals surface area contributed by atoms with Gasteiger partial charge in [0.25, 0.3) is 0 Å².